The normalized spacial score (nSPS) is 11.5. The van der Waals surface area contributed by atoms with E-state index in [0.29, 0.717) is 12.0 Å². The van der Waals surface area contributed by atoms with Crippen LogP contribution in [-0.2, 0) is 14.4 Å². The quantitative estimate of drug-likeness (QED) is 0.604. The molecule has 2 amide bonds. The van der Waals surface area contributed by atoms with E-state index in [1.54, 1.807) is 41.3 Å². The Bertz CT molecular complexity index is 685. The zero-order chi connectivity index (χ0) is 16.7. The van der Waals surface area contributed by atoms with Crippen molar-refractivity contribution in [1.82, 2.24) is 20.4 Å². The summed E-state index contributed by atoms with van der Waals surface area (Å²) in [5.74, 6) is -1.50. The zero-order valence-electron chi connectivity index (χ0n) is 12.2. The largest absolute Gasteiger partial charge is 0.481 e. The summed E-state index contributed by atoms with van der Waals surface area (Å²) in [7, 11) is 0. The van der Waals surface area contributed by atoms with Gasteiger partial charge in [0.25, 0.3) is 0 Å². The van der Waals surface area contributed by atoms with Crippen LogP contribution in [0.5, 0.6) is 0 Å². The molecule has 0 saturated carbocycles. The molecule has 1 aromatic heterocycles. The Labute approximate surface area is 132 Å². The number of hydrogen-bond acceptors (Lipinski definition) is 4. The average Bonchev–Trinajstić information content (AvgIpc) is 3.06. The third-order valence-corrected chi connectivity index (χ3v) is 3.10. The molecule has 8 heteroatoms. The van der Waals surface area contributed by atoms with Gasteiger partial charge < -0.3 is 15.7 Å². The fraction of sp³-hybridized carbons (Fsp3) is 0.200. The Morgan fingerprint density at radius 1 is 1.35 bits per heavy atom. The second-order valence-corrected chi connectivity index (χ2v) is 4.76. The second kappa shape index (κ2) is 7.74. The lowest BCUT2D eigenvalue weighted by atomic mass is 10.0. The number of carboxylic acid groups (broad SMARTS) is 1. The molecule has 1 aromatic carbocycles. The summed E-state index contributed by atoms with van der Waals surface area (Å²) in [5, 5.41) is 18.0. The van der Waals surface area contributed by atoms with Crippen molar-refractivity contribution in [1.29, 1.82) is 0 Å². The van der Waals surface area contributed by atoms with E-state index in [1.165, 1.54) is 0 Å². The van der Waals surface area contributed by atoms with Crippen LogP contribution in [0.2, 0.25) is 0 Å². The van der Waals surface area contributed by atoms with E-state index < -0.39 is 17.9 Å². The van der Waals surface area contributed by atoms with E-state index in [-0.39, 0.29) is 13.0 Å². The van der Waals surface area contributed by atoms with Gasteiger partial charge in [-0.1, -0.05) is 12.1 Å². The van der Waals surface area contributed by atoms with Gasteiger partial charge in [-0.25, -0.2) is 4.68 Å². The molecule has 2 rings (SSSR count). The first-order valence-corrected chi connectivity index (χ1v) is 6.88. The molecule has 1 unspecified atom stereocenters. The number of benzene rings is 1. The summed E-state index contributed by atoms with van der Waals surface area (Å²) in [6, 6.07) is 8.14. The van der Waals surface area contributed by atoms with Crippen molar-refractivity contribution in [3.05, 3.63) is 48.3 Å². The summed E-state index contributed by atoms with van der Waals surface area (Å²) >= 11 is 0. The maximum atomic E-state index is 11.7. The predicted molar refractivity (Wildman–Crippen MR) is 80.8 cm³/mol. The minimum atomic E-state index is -1.04. The van der Waals surface area contributed by atoms with E-state index >= 15 is 0 Å². The van der Waals surface area contributed by atoms with E-state index in [9.17, 15) is 14.4 Å². The standard InChI is InChI=1S/C15H16N4O4/c20-10-16-9-14(21)18-13(8-15(22)23)11-3-1-4-12(7-11)19-6-2-5-17-19/h1-7,10,13H,8-9H2,(H,16,20)(H,18,21)(H,22,23). The van der Waals surface area contributed by atoms with Crippen molar-refractivity contribution in [3.8, 4) is 5.69 Å². The fourth-order valence-corrected chi connectivity index (χ4v) is 2.11. The Kier molecular flexibility index (Phi) is 5.45. The predicted octanol–water partition coefficient (Wildman–Crippen LogP) is 0.250. The van der Waals surface area contributed by atoms with E-state index in [0.717, 1.165) is 5.69 Å². The van der Waals surface area contributed by atoms with Crippen LogP contribution < -0.4 is 10.6 Å². The third kappa shape index (κ3) is 4.67. The summed E-state index contributed by atoms with van der Waals surface area (Å²) < 4.78 is 1.64. The van der Waals surface area contributed by atoms with Crippen LogP contribution >= 0.6 is 0 Å². The summed E-state index contributed by atoms with van der Waals surface area (Å²) in [6.45, 7) is -0.210. The molecule has 0 aliphatic carbocycles. The van der Waals surface area contributed by atoms with E-state index in [2.05, 4.69) is 15.7 Å². The van der Waals surface area contributed by atoms with Gasteiger partial charge in [-0.3, -0.25) is 14.4 Å². The molecule has 0 aliphatic rings. The van der Waals surface area contributed by atoms with Crippen molar-refractivity contribution in [2.24, 2.45) is 0 Å². The number of rotatable bonds is 8. The van der Waals surface area contributed by atoms with Crippen LogP contribution in [0.25, 0.3) is 5.69 Å². The molecule has 0 aliphatic heterocycles. The summed E-state index contributed by atoms with van der Waals surface area (Å²) in [6.07, 6.45) is 3.53. The van der Waals surface area contributed by atoms with Gasteiger partial charge in [-0.15, -0.1) is 0 Å². The van der Waals surface area contributed by atoms with Crippen molar-refractivity contribution in [3.63, 3.8) is 0 Å². The number of carbonyl (C=O) groups excluding carboxylic acids is 2. The van der Waals surface area contributed by atoms with Gasteiger partial charge in [0.15, 0.2) is 0 Å². The lowest BCUT2D eigenvalue weighted by Gasteiger charge is -2.18. The smallest absolute Gasteiger partial charge is 0.305 e. The van der Waals surface area contributed by atoms with Crippen LogP contribution in [-0.4, -0.2) is 39.7 Å². The maximum absolute atomic E-state index is 11.7. The van der Waals surface area contributed by atoms with Crippen molar-refractivity contribution in [2.45, 2.75) is 12.5 Å². The highest BCUT2D eigenvalue weighted by molar-refractivity contribution is 5.81. The molecule has 8 nitrogen and oxygen atoms in total. The molecule has 3 N–H and O–H groups in total. The van der Waals surface area contributed by atoms with Gasteiger partial charge in [0, 0.05) is 12.4 Å². The molecule has 0 bridgehead atoms. The number of amides is 2. The maximum Gasteiger partial charge on any atom is 0.305 e. The molecule has 120 valence electrons. The SMILES string of the molecule is O=CNCC(=O)NC(CC(=O)O)c1cccc(-n2cccn2)c1. The number of nitrogens with one attached hydrogen (secondary N) is 2. The number of hydrogen-bond donors (Lipinski definition) is 3. The minimum Gasteiger partial charge on any atom is -0.481 e. The average molecular weight is 316 g/mol. The first-order valence-electron chi connectivity index (χ1n) is 6.88. The molecule has 0 radical (unpaired) electrons. The highest BCUT2D eigenvalue weighted by atomic mass is 16.4. The molecule has 1 heterocycles. The fourth-order valence-electron chi connectivity index (χ4n) is 2.11. The Morgan fingerprint density at radius 2 is 2.17 bits per heavy atom. The van der Waals surface area contributed by atoms with Crippen LogP contribution in [0.4, 0.5) is 0 Å². The highest BCUT2D eigenvalue weighted by Gasteiger charge is 2.18. The van der Waals surface area contributed by atoms with Gasteiger partial charge in [-0.05, 0) is 23.8 Å². The van der Waals surface area contributed by atoms with Crippen LogP contribution in [0, 0.1) is 0 Å². The van der Waals surface area contributed by atoms with Crippen LogP contribution in [0.15, 0.2) is 42.7 Å². The number of carboxylic acids is 1. The van der Waals surface area contributed by atoms with Crippen LogP contribution in [0.3, 0.4) is 0 Å². The Morgan fingerprint density at radius 3 is 2.83 bits per heavy atom. The molecule has 1 atom stereocenters. The minimum absolute atomic E-state index is 0.210. The molecular weight excluding hydrogens is 300 g/mol. The Balaban J connectivity index is 2.21. The molecule has 2 aromatic rings. The number of aromatic nitrogens is 2. The molecule has 0 saturated heterocycles. The first kappa shape index (κ1) is 16.2. The number of nitrogens with zero attached hydrogens (tertiary/aromatic N) is 2. The topological polar surface area (TPSA) is 113 Å². The van der Waals surface area contributed by atoms with Crippen LogP contribution in [0.1, 0.15) is 18.0 Å². The van der Waals surface area contributed by atoms with Gasteiger partial charge in [0.2, 0.25) is 12.3 Å². The van der Waals surface area contributed by atoms with E-state index in [1.807, 2.05) is 6.07 Å². The third-order valence-electron chi connectivity index (χ3n) is 3.10. The van der Waals surface area contributed by atoms with Gasteiger partial charge >= 0.3 is 5.97 Å². The first-order chi connectivity index (χ1) is 11.1. The van der Waals surface area contributed by atoms with Gasteiger partial charge in [-0.2, -0.15) is 5.10 Å². The van der Waals surface area contributed by atoms with E-state index in [4.69, 9.17) is 5.11 Å². The number of aliphatic carboxylic acids is 1. The van der Waals surface area contributed by atoms with Crippen molar-refractivity contribution in [2.75, 3.05) is 6.54 Å². The van der Waals surface area contributed by atoms with Gasteiger partial charge in [0.1, 0.15) is 0 Å². The second-order valence-electron chi connectivity index (χ2n) is 4.76. The summed E-state index contributed by atoms with van der Waals surface area (Å²) in [5.41, 5.74) is 1.39. The van der Waals surface area contributed by atoms with Crippen molar-refractivity contribution >= 4 is 18.3 Å². The number of carbonyl (C=O) groups is 3. The molecule has 0 spiro atoms. The molecule has 0 fully saturated rings. The summed E-state index contributed by atoms with van der Waals surface area (Å²) in [4.78, 5) is 33.0. The zero-order valence-corrected chi connectivity index (χ0v) is 12.2. The molecule has 23 heavy (non-hydrogen) atoms. The Hall–Kier alpha value is -3.16. The van der Waals surface area contributed by atoms with Crippen molar-refractivity contribution < 1.29 is 19.5 Å². The monoisotopic (exact) mass is 316 g/mol. The highest BCUT2D eigenvalue weighted by Crippen LogP contribution is 2.20. The van der Waals surface area contributed by atoms with Gasteiger partial charge in [0.05, 0.1) is 24.7 Å². The lowest BCUT2D eigenvalue weighted by Crippen LogP contribution is -2.36. The molecular formula is C15H16N4O4. The lowest BCUT2D eigenvalue weighted by molar-refractivity contribution is -0.137.